The van der Waals surface area contributed by atoms with E-state index in [1.807, 2.05) is 38.1 Å². The molecule has 34 heavy (non-hydrogen) atoms. The minimum Gasteiger partial charge on any atom is -0.489 e. The first kappa shape index (κ1) is 25.6. The number of nitrogens with one attached hydrogen (secondary N) is 2. The lowest BCUT2D eigenvalue weighted by Gasteiger charge is -2.18. The fourth-order valence-electron chi connectivity index (χ4n) is 3.52. The summed E-state index contributed by atoms with van der Waals surface area (Å²) < 4.78 is 11.4. The lowest BCUT2D eigenvalue weighted by atomic mass is 10.0. The van der Waals surface area contributed by atoms with Gasteiger partial charge in [-0.15, -0.1) is 0 Å². The Hall–Kier alpha value is -3.06. The maximum Gasteiger partial charge on any atom is 0.251 e. The van der Waals surface area contributed by atoms with Crippen molar-refractivity contribution < 1.29 is 19.1 Å². The Bertz CT molecular complexity index is 1050. The van der Waals surface area contributed by atoms with Crippen LogP contribution < -0.4 is 15.4 Å². The van der Waals surface area contributed by atoms with Gasteiger partial charge in [-0.2, -0.15) is 0 Å². The number of hydrogen-bond donors (Lipinski definition) is 2. The van der Waals surface area contributed by atoms with E-state index < -0.39 is 11.9 Å². The van der Waals surface area contributed by atoms with E-state index in [0.717, 1.165) is 11.1 Å². The number of halogens is 1. The van der Waals surface area contributed by atoms with E-state index in [2.05, 4.69) is 29.5 Å². The van der Waals surface area contributed by atoms with E-state index in [4.69, 9.17) is 21.1 Å². The lowest BCUT2D eigenvalue weighted by molar-refractivity contribution is -0.122. The Balaban J connectivity index is 1.69. The fourth-order valence-corrected chi connectivity index (χ4v) is 3.75. The maximum atomic E-state index is 12.8. The van der Waals surface area contributed by atoms with Crippen molar-refractivity contribution in [2.75, 3.05) is 13.7 Å². The number of likely N-dealkylation sites (N-methyl/N-ethyl adjacent to an activating group) is 1. The SMILES string of the molecule is CNC(=O)[C@H](Cc1ccc(C2=NC(C(C)C)CO2)cc1)NC(=O)c1ccc(OC(C)C)c(Cl)c1. The van der Waals surface area contributed by atoms with E-state index in [1.165, 1.54) is 6.07 Å². The summed E-state index contributed by atoms with van der Waals surface area (Å²) in [5, 5.41) is 5.76. The second-order valence-corrected chi connectivity index (χ2v) is 9.32. The summed E-state index contributed by atoms with van der Waals surface area (Å²) in [5.41, 5.74) is 2.14. The zero-order chi connectivity index (χ0) is 24.8. The molecule has 1 aliphatic heterocycles. The summed E-state index contributed by atoms with van der Waals surface area (Å²) in [6.07, 6.45) is 0.292. The molecule has 1 heterocycles. The van der Waals surface area contributed by atoms with Gasteiger partial charge in [0.05, 0.1) is 17.2 Å². The smallest absolute Gasteiger partial charge is 0.251 e. The molecular formula is C26H32ClN3O4. The molecule has 0 spiro atoms. The van der Waals surface area contributed by atoms with E-state index in [1.54, 1.807) is 19.2 Å². The number of amides is 2. The number of rotatable bonds is 9. The number of benzene rings is 2. The zero-order valence-corrected chi connectivity index (χ0v) is 21.0. The molecule has 0 aliphatic carbocycles. The van der Waals surface area contributed by atoms with Crippen molar-refractivity contribution in [3.63, 3.8) is 0 Å². The maximum absolute atomic E-state index is 12.8. The predicted molar refractivity (Wildman–Crippen MR) is 134 cm³/mol. The molecule has 2 aromatic rings. The molecule has 2 amide bonds. The van der Waals surface area contributed by atoms with Crippen LogP contribution in [0, 0.1) is 5.92 Å². The van der Waals surface area contributed by atoms with Crippen molar-refractivity contribution in [3.05, 3.63) is 64.2 Å². The normalized spacial score (nSPS) is 16.1. The monoisotopic (exact) mass is 485 g/mol. The number of hydrogen-bond acceptors (Lipinski definition) is 5. The Morgan fingerprint density at radius 1 is 1.15 bits per heavy atom. The summed E-state index contributed by atoms with van der Waals surface area (Å²) >= 11 is 6.26. The van der Waals surface area contributed by atoms with Crippen LogP contribution in [-0.2, 0) is 16.0 Å². The van der Waals surface area contributed by atoms with Crippen LogP contribution in [0.25, 0.3) is 0 Å². The van der Waals surface area contributed by atoms with Gasteiger partial charge in [0, 0.05) is 24.6 Å². The molecule has 0 saturated heterocycles. The third kappa shape index (κ3) is 6.50. The van der Waals surface area contributed by atoms with Gasteiger partial charge in [-0.3, -0.25) is 9.59 Å². The van der Waals surface area contributed by atoms with Crippen molar-refractivity contribution in [2.24, 2.45) is 10.9 Å². The quantitative estimate of drug-likeness (QED) is 0.561. The highest BCUT2D eigenvalue weighted by Crippen LogP contribution is 2.26. The van der Waals surface area contributed by atoms with Crippen molar-refractivity contribution in [1.82, 2.24) is 10.6 Å². The van der Waals surface area contributed by atoms with E-state index in [9.17, 15) is 9.59 Å². The number of nitrogens with zero attached hydrogens (tertiary/aromatic N) is 1. The molecule has 2 N–H and O–H groups in total. The second-order valence-electron chi connectivity index (χ2n) is 8.91. The van der Waals surface area contributed by atoms with Gasteiger partial charge in [-0.05, 0) is 55.7 Å². The van der Waals surface area contributed by atoms with Crippen LogP contribution in [-0.4, -0.2) is 49.6 Å². The molecule has 0 bridgehead atoms. The predicted octanol–water partition coefficient (Wildman–Crippen LogP) is 4.02. The van der Waals surface area contributed by atoms with Gasteiger partial charge in [-0.25, -0.2) is 4.99 Å². The van der Waals surface area contributed by atoms with E-state index in [-0.39, 0.29) is 18.1 Å². The summed E-state index contributed by atoms with van der Waals surface area (Å²) in [5.74, 6) is 0.889. The molecule has 1 unspecified atom stereocenters. The van der Waals surface area contributed by atoms with E-state index in [0.29, 0.717) is 41.2 Å². The highest BCUT2D eigenvalue weighted by Gasteiger charge is 2.24. The van der Waals surface area contributed by atoms with Gasteiger partial charge < -0.3 is 20.1 Å². The minimum absolute atomic E-state index is 0.0369. The first-order valence-electron chi connectivity index (χ1n) is 11.5. The Morgan fingerprint density at radius 3 is 2.41 bits per heavy atom. The third-order valence-corrected chi connectivity index (χ3v) is 5.80. The Labute approximate surface area is 205 Å². The summed E-state index contributed by atoms with van der Waals surface area (Å²) in [6, 6.07) is 11.9. The number of ether oxygens (including phenoxy) is 2. The van der Waals surface area contributed by atoms with Crippen LogP contribution >= 0.6 is 11.6 Å². The number of aliphatic imine (C=N–C) groups is 1. The average molecular weight is 486 g/mol. The van der Waals surface area contributed by atoms with Crippen LogP contribution in [0.4, 0.5) is 0 Å². The molecule has 3 rings (SSSR count). The summed E-state index contributed by atoms with van der Waals surface area (Å²) in [7, 11) is 1.54. The van der Waals surface area contributed by atoms with Crippen LogP contribution in [0.3, 0.4) is 0 Å². The van der Waals surface area contributed by atoms with Gasteiger partial charge in [0.1, 0.15) is 18.4 Å². The summed E-state index contributed by atoms with van der Waals surface area (Å²) in [4.78, 5) is 30.0. The topological polar surface area (TPSA) is 89.0 Å². The number of carbonyl (C=O) groups is 2. The van der Waals surface area contributed by atoms with Crippen molar-refractivity contribution in [2.45, 2.75) is 52.3 Å². The van der Waals surface area contributed by atoms with E-state index >= 15 is 0 Å². The van der Waals surface area contributed by atoms with Gasteiger partial charge in [-0.1, -0.05) is 37.6 Å². The molecule has 8 heteroatoms. The van der Waals surface area contributed by atoms with Crippen LogP contribution in [0.5, 0.6) is 5.75 Å². The molecule has 182 valence electrons. The second kappa shape index (κ2) is 11.4. The molecule has 2 aromatic carbocycles. The molecule has 2 atom stereocenters. The molecule has 1 aliphatic rings. The number of carbonyl (C=O) groups excluding carboxylic acids is 2. The molecule has 0 fully saturated rings. The first-order valence-corrected chi connectivity index (χ1v) is 11.8. The molecule has 7 nitrogen and oxygen atoms in total. The average Bonchev–Trinajstić information content (AvgIpc) is 3.30. The van der Waals surface area contributed by atoms with Crippen LogP contribution in [0.15, 0.2) is 47.5 Å². The fraction of sp³-hybridized carbons (Fsp3) is 0.423. The van der Waals surface area contributed by atoms with Gasteiger partial charge in [0.25, 0.3) is 5.91 Å². The minimum atomic E-state index is -0.751. The van der Waals surface area contributed by atoms with Crippen molar-refractivity contribution >= 4 is 29.3 Å². The lowest BCUT2D eigenvalue weighted by Crippen LogP contribution is -2.47. The first-order chi connectivity index (χ1) is 16.2. The molecular weight excluding hydrogens is 454 g/mol. The molecule has 0 saturated carbocycles. The molecule has 0 aromatic heterocycles. The Kier molecular flexibility index (Phi) is 8.56. The standard InChI is InChI=1S/C26H32ClN3O4/c1-15(2)22-14-33-26(30-22)18-8-6-17(7-9-18)12-21(25(32)28-5)29-24(31)19-10-11-23(20(27)13-19)34-16(3)4/h6-11,13,15-16,21-22H,12,14H2,1-5H3,(H,28,32)(H,29,31)/t21-,22?/m0/s1. The largest absolute Gasteiger partial charge is 0.489 e. The zero-order valence-electron chi connectivity index (χ0n) is 20.2. The van der Waals surface area contributed by atoms with Crippen LogP contribution in [0.1, 0.15) is 49.2 Å². The highest BCUT2D eigenvalue weighted by atomic mass is 35.5. The Morgan fingerprint density at radius 2 is 1.85 bits per heavy atom. The highest BCUT2D eigenvalue weighted by molar-refractivity contribution is 6.32. The third-order valence-electron chi connectivity index (χ3n) is 5.51. The molecule has 0 radical (unpaired) electrons. The van der Waals surface area contributed by atoms with Crippen molar-refractivity contribution in [3.8, 4) is 5.75 Å². The van der Waals surface area contributed by atoms with Gasteiger partial charge in [0.15, 0.2) is 0 Å². The van der Waals surface area contributed by atoms with Crippen LogP contribution in [0.2, 0.25) is 5.02 Å². The van der Waals surface area contributed by atoms with Crippen molar-refractivity contribution in [1.29, 1.82) is 0 Å². The summed E-state index contributed by atoms with van der Waals surface area (Å²) in [6.45, 7) is 8.63. The van der Waals surface area contributed by atoms with Gasteiger partial charge >= 0.3 is 0 Å². The van der Waals surface area contributed by atoms with Gasteiger partial charge in [0.2, 0.25) is 11.8 Å².